The van der Waals surface area contributed by atoms with Gasteiger partial charge >= 0.3 is 0 Å². The second-order valence-electron chi connectivity index (χ2n) is 3.73. The first-order valence-electron chi connectivity index (χ1n) is 5.21. The first kappa shape index (κ1) is 12.4. The predicted molar refractivity (Wildman–Crippen MR) is 57.6 cm³/mol. The summed E-state index contributed by atoms with van der Waals surface area (Å²) in [5.41, 5.74) is 0. The van der Waals surface area contributed by atoms with E-state index < -0.39 is 15.3 Å². The summed E-state index contributed by atoms with van der Waals surface area (Å²) >= 11 is 0. The third-order valence-corrected chi connectivity index (χ3v) is 4.37. The summed E-state index contributed by atoms with van der Waals surface area (Å²) in [5.74, 6) is 0. The topological polar surface area (TPSA) is 82.0 Å². The van der Waals surface area contributed by atoms with Gasteiger partial charge in [-0.25, -0.2) is 13.1 Å². The molecule has 1 heterocycles. The molecule has 1 rings (SSSR count). The van der Waals surface area contributed by atoms with Crippen molar-refractivity contribution in [1.82, 2.24) is 10.0 Å². The molecule has 0 radical (unpaired) electrons. The van der Waals surface area contributed by atoms with E-state index >= 15 is 0 Å². The number of rotatable bonds is 4. The molecular formula is C9H17N3O2S. The lowest BCUT2D eigenvalue weighted by atomic mass is 10.1. The molecular weight excluding hydrogens is 214 g/mol. The first-order valence-corrected chi connectivity index (χ1v) is 6.76. The summed E-state index contributed by atoms with van der Waals surface area (Å²) in [6.45, 7) is 3.29. The average Bonchev–Trinajstić information content (AvgIpc) is 2.19. The molecule has 1 fully saturated rings. The van der Waals surface area contributed by atoms with Crippen LogP contribution >= 0.6 is 0 Å². The van der Waals surface area contributed by atoms with Gasteiger partial charge in [0.2, 0.25) is 10.0 Å². The van der Waals surface area contributed by atoms with Crippen LogP contribution in [-0.4, -0.2) is 32.8 Å². The Labute approximate surface area is 90.9 Å². The van der Waals surface area contributed by atoms with Crippen molar-refractivity contribution in [2.45, 2.75) is 37.5 Å². The third kappa shape index (κ3) is 3.45. The molecule has 5 nitrogen and oxygen atoms in total. The second-order valence-corrected chi connectivity index (χ2v) is 5.63. The molecule has 1 aliphatic rings. The van der Waals surface area contributed by atoms with Crippen molar-refractivity contribution in [3.8, 4) is 6.07 Å². The van der Waals surface area contributed by atoms with Gasteiger partial charge in [0.25, 0.3) is 0 Å². The Morgan fingerprint density at radius 2 is 2.40 bits per heavy atom. The van der Waals surface area contributed by atoms with Crippen LogP contribution < -0.4 is 10.0 Å². The molecule has 6 heteroatoms. The molecule has 0 aliphatic carbocycles. The van der Waals surface area contributed by atoms with Crippen LogP contribution in [0, 0.1) is 11.3 Å². The van der Waals surface area contributed by atoms with E-state index in [0.29, 0.717) is 13.0 Å². The number of nitrogens with one attached hydrogen (secondary N) is 2. The van der Waals surface area contributed by atoms with E-state index in [1.807, 2.05) is 6.07 Å². The van der Waals surface area contributed by atoms with Crippen molar-refractivity contribution in [2.75, 3.05) is 13.1 Å². The highest BCUT2D eigenvalue weighted by Crippen LogP contribution is 2.08. The SMILES string of the molecule is CCC(C#N)S(=O)(=O)NC1CCCNC1. The Bertz CT molecular complexity index is 328. The minimum Gasteiger partial charge on any atom is -0.315 e. The molecule has 1 aliphatic heterocycles. The van der Waals surface area contributed by atoms with Crippen molar-refractivity contribution in [3.05, 3.63) is 0 Å². The van der Waals surface area contributed by atoms with Crippen LogP contribution in [0.25, 0.3) is 0 Å². The van der Waals surface area contributed by atoms with Crippen LogP contribution in [0.15, 0.2) is 0 Å². The van der Waals surface area contributed by atoms with Gasteiger partial charge in [0, 0.05) is 12.6 Å². The number of nitriles is 1. The van der Waals surface area contributed by atoms with E-state index in [4.69, 9.17) is 5.26 Å². The van der Waals surface area contributed by atoms with Crippen molar-refractivity contribution >= 4 is 10.0 Å². The molecule has 2 N–H and O–H groups in total. The van der Waals surface area contributed by atoms with Crippen molar-refractivity contribution in [3.63, 3.8) is 0 Å². The van der Waals surface area contributed by atoms with Gasteiger partial charge in [-0.15, -0.1) is 0 Å². The van der Waals surface area contributed by atoms with Gasteiger partial charge in [0.1, 0.15) is 0 Å². The minimum absolute atomic E-state index is 0.0638. The van der Waals surface area contributed by atoms with Crippen LogP contribution in [0.2, 0.25) is 0 Å². The molecule has 0 spiro atoms. The van der Waals surface area contributed by atoms with E-state index in [2.05, 4.69) is 10.0 Å². The van der Waals surface area contributed by atoms with E-state index in [9.17, 15) is 8.42 Å². The Morgan fingerprint density at radius 3 is 2.87 bits per heavy atom. The molecule has 0 amide bonds. The highest BCUT2D eigenvalue weighted by atomic mass is 32.2. The fraction of sp³-hybridized carbons (Fsp3) is 0.889. The van der Waals surface area contributed by atoms with Gasteiger partial charge < -0.3 is 5.32 Å². The molecule has 0 aromatic rings. The van der Waals surface area contributed by atoms with Crippen LogP contribution in [0.4, 0.5) is 0 Å². The van der Waals surface area contributed by atoms with Gasteiger partial charge in [-0.2, -0.15) is 5.26 Å². The molecule has 0 saturated carbocycles. The molecule has 2 atom stereocenters. The van der Waals surface area contributed by atoms with E-state index in [0.717, 1.165) is 19.4 Å². The number of piperidine rings is 1. The Kier molecular flexibility index (Phi) is 4.51. The normalized spacial score (nSPS) is 24.4. The van der Waals surface area contributed by atoms with Crippen molar-refractivity contribution in [1.29, 1.82) is 5.26 Å². The maximum atomic E-state index is 11.7. The number of hydrogen-bond donors (Lipinski definition) is 2. The number of sulfonamides is 1. The predicted octanol–water partition coefficient (Wildman–Crippen LogP) is -0.0400. The smallest absolute Gasteiger partial charge is 0.228 e. The van der Waals surface area contributed by atoms with Gasteiger partial charge in [0.05, 0.1) is 6.07 Å². The highest BCUT2D eigenvalue weighted by molar-refractivity contribution is 7.90. The fourth-order valence-electron chi connectivity index (χ4n) is 1.65. The van der Waals surface area contributed by atoms with Gasteiger partial charge in [-0.05, 0) is 25.8 Å². The molecule has 0 bridgehead atoms. The summed E-state index contributed by atoms with van der Waals surface area (Å²) < 4.78 is 26.0. The van der Waals surface area contributed by atoms with Gasteiger partial charge in [-0.1, -0.05) is 6.92 Å². The van der Waals surface area contributed by atoms with Gasteiger partial charge in [-0.3, -0.25) is 0 Å². The molecule has 2 unspecified atom stereocenters. The summed E-state index contributed by atoms with van der Waals surface area (Å²) in [6.07, 6.45) is 2.14. The van der Waals surface area contributed by atoms with Crippen LogP contribution in [0.1, 0.15) is 26.2 Å². The van der Waals surface area contributed by atoms with Crippen molar-refractivity contribution < 1.29 is 8.42 Å². The number of hydrogen-bond acceptors (Lipinski definition) is 4. The van der Waals surface area contributed by atoms with Crippen LogP contribution in [0.5, 0.6) is 0 Å². The van der Waals surface area contributed by atoms with Crippen LogP contribution in [-0.2, 0) is 10.0 Å². The maximum absolute atomic E-state index is 11.7. The standard InChI is InChI=1S/C9H17N3O2S/c1-2-9(6-10)15(13,14)12-8-4-3-5-11-7-8/h8-9,11-12H,2-5,7H2,1H3. The van der Waals surface area contributed by atoms with E-state index in [-0.39, 0.29) is 6.04 Å². The zero-order chi connectivity index (χ0) is 11.3. The zero-order valence-electron chi connectivity index (χ0n) is 8.86. The lowest BCUT2D eigenvalue weighted by Crippen LogP contribution is -2.48. The fourth-order valence-corrected chi connectivity index (χ4v) is 3.05. The van der Waals surface area contributed by atoms with Crippen molar-refractivity contribution in [2.24, 2.45) is 0 Å². The zero-order valence-corrected chi connectivity index (χ0v) is 9.68. The molecule has 0 aromatic carbocycles. The molecule has 15 heavy (non-hydrogen) atoms. The molecule has 0 aromatic heterocycles. The van der Waals surface area contributed by atoms with Gasteiger partial charge in [0.15, 0.2) is 5.25 Å². The second kappa shape index (κ2) is 5.45. The highest BCUT2D eigenvalue weighted by Gasteiger charge is 2.27. The van der Waals surface area contributed by atoms with E-state index in [1.165, 1.54) is 0 Å². The number of nitrogens with zero attached hydrogens (tertiary/aromatic N) is 1. The lowest BCUT2D eigenvalue weighted by molar-refractivity contribution is 0.427. The van der Waals surface area contributed by atoms with Crippen LogP contribution in [0.3, 0.4) is 0 Å². The molecule has 1 saturated heterocycles. The maximum Gasteiger partial charge on any atom is 0.228 e. The molecule has 86 valence electrons. The Hall–Kier alpha value is -0.640. The summed E-state index contributed by atoms with van der Waals surface area (Å²) in [7, 11) is -3.47. The Morgan fingerprint density at radius 1 is 1.67 bits per heavy atom. The van der Waals surface area contributed by atoms with E-state index in [1.54, 1.807) is 6.92 Å². The first-order chi connectivity index (χ1) is 7.10. The monoisotopic (exact) mass is 231 g/mol. The summed E-state index contributed by atoms with van der Waals surface area (Å²) in [6, 6.07) is 1.75. The summed E-state index contributed by atoms with van der Waals surface area (Å²) in [4.78, 5) is 0. The third-order valence-electron chi connectivity index (χ3n) is 2.52. The Balaban J connectivity index is 2.59. The lowest BCUT2D eigenvalue weighted by Gasteiger charge is -2.24. The average molecular weight is 231 g/mol. The minimum atomic E-state index is -3.47. The quantitative estimate of drug-likeness (QED) is 0.711. The largest absolute Gasteiger partial charge is 0.315 e. The summed E-state index contributed by atoms with van der Waals surface area (Å²) in [5, 5.41) is 10.9.